The van der Waals surface area contributed by atoms with Crippen molar-refractivity contribution < 1.29 is 9.59 Å². The maximum Gasteiger partial charge on any atom is 0.252 e. The van der Waals surface area contributed by atoms with Crippen LogP contribution in [-0.4, -0.2) is 31.4 Å². The summed E-state index contributed by atoms with van der Waals surface area (Å²) in [6.45, 7) is 4.07. The highest BCUT2D eigenvalue weighted by Gasteiger charge is 2.18. The Balaban J connectivity index is 2.08. The summed E-state index contributed by atoms with van der Waals surface area (Å²) in [7, 11) is 1.55. The average molecular weight is 360 g/mol. The molecule has 0 saturated carbocycles. The number of anilines is 2. The second kappa shape index (κ2) is 8.53. The summed E-state index contributed by atoms with van der Waals surface area (Å²) in [6, 6.07) is 14.6. The van der Waals surface area contributed by atoms with Crippen LogP contribution in [0.3, 0.4) is 0 Å². The van der Waals surface area contributed by atoms with Gasteiger partial charge in [0.2, 0.25) is 5.91 Å². The lowest BCUT2D eigenvalue weighted by Crippen LogP contribution is -2.40. The van der Waals surface area contributed by atoms with Gasteiger partial charge in [0.05, 0.1) is 17.1 Å². The molecule has 0 radical (unpaired) electrons. The largest absolute Gasteiger partial charge is 0.376 e. The second-order valence-electron chi connectivity index (χ2n) is 5.82. The van der Waals surface area contributed by atoms with Crippen molar-refractivity contribution in [3.63, 3.8) is 0 Å². The molecular formula is C19H22ClN3O2. The maximum atomic E-state index is 12.6. The highest BCUT2D eigenvalue weighted by atomic mass is 35.5. The first-order chi connectivity index (χ1) is 11.9. The van der Waals surface area contributed by atoms with Crippen LogP contribution in [0.25, 0.3) is 0 Å². The first-order valence-corrected chi connectivity index (χ1v) is 8.44. The lowest BCUT2D eigenvalue weighted by atomic mass is 10.2. The van der Waals surface area contributed by atoms with Crippen LogP contribution in [0.5, 0.6) is 0 Å². The molecule has 0 aliphatic rings. The Labute approximate surface area is 153 Å². The first-order valence-electron chi connectivity index (χ1n) is 8.06. The van der Waals surface area contributed by atoms with Gasteiger partial charge in [-0.1, -0.05) is 29.8 Å². The number of halogens is 1. The number of hydrogen-bond donors (Lipinski definition) is 2. The van der Waals surface area contributed by atoms with Crippen LogP contribution >= 0.6 is 11.6 Å². The number of benzene rings is 2. The van der Waals surface area contributed by atoms with Crippen LogP contribution in [0.15, 0.2) is 48.5 Å². The molecule has 0 spiro atoms. The van der Waals surface area contributed by atoms with Crippen molar-refractivity contribution in [1.82, 2.24) is 5.32 Å². The molecule has 0 heterocycles. The molecule has 6 heteroatoms. The van der Waals surface area contributed by atoms with Gasteiger partial charge in [0.15, 0.2) is 0 Å². The summed E-state index contributed by atoms with van der Waals surface area (Å²) < 4.78 is 0. The van der Waals surface area contributed by atoms with Crippen molar-refractivity contribution in [3.05, 3.63) is 59.1 Å². The smallest absolute Gasteiger partial charge is 0.252 e. The molecular weight excluding hydrogens is 338 g/mol. The predicted octanol–water partition coefficient (Wildman–Crippen LogP) is 3.55. The highest BCUT2D eigenvalue weighted by molar-refractivity contribution is 6.34. The van der Waals surface area contributed by atoms with Gasteiger partial charge in [0.1, 0.15) is 0 Å². The third-order valence-electron chi connectivity index (χ3n) is 3.70. The standard InChI is InChI=1S/C19H22ClN3O2/c1-13(2)23(15-7-5-4-6-8-15)18(24)12-22-14-9-10-16(17(20)11-14)19(25)21-3/h4-11,13,22H,12H2,1-3H3,(H,21,25). The topological polar surface area (TPSA) is 61.4 Å². The summed E-state index contributed by atoms with van der Waals surface area (Å²) in [4.78, 5) is 26.0. The molecule has 0 saturated heterocycles. The van der Waals surface area contributed by atoms with Crippen molar-refractivity contribution >= 4 is 34.8 Å². The minimum Gasteiger partial charge on any atom is -0.376 e. The number of amides is 2. The van der Waals surface area contributed by atoms with E-state index >= 15 is 0 Å². The van der Waals surface area contributed by atoms with E-state index in [4.69, 9.17) is 11.6 Å². The van der Waals surface area contributed by atoms with Gasteiger partial charge in [0.25, 0.3) is 5.91 Å². The van der Waals surface area contributed by atoms with Crippen LogP contribution in [0, 0.1) is 0 Å². The van der Waals surface area contributed by atoms with Gasteiger partial charge < -0.3 is 15.5 Å². The number of carbonyl (C=O) groups is 2. The maximum absolute atomic E-state index is 12.6. The SMILES string of the molecule is CNC(=O)c1ccc(NCC(=O)N(c2ccccc2)C(C)C)cc1Cl. The first kappa shape index (κ1) is 18.8. The van der Waals surface area contributed by atoms with E-state index in [0.29, 0.717) is 16.3 Å². The molecule has 2 amide bonds. The minimum absolute atomic E-state index is 0.0379. The zero-order valence-electron chi connectivity index (χ0n) is 14.5. The Kier molecular flexibility index (Phi) is 6.42. The summed E-state index contributed by atoms with van der Waals surface area (Å²) in [5.74, 6) is -0.296. The van der Waals surface area contributed by atoms with Crippen LogP contribution in [-0.2, 0) is 4.79 Å². The van der Waals surface area contributed by atoms with Crippen LogP contribution in [0.2, 0.25) is 5.02 Å². The average Bonchev–Trinajstić information content (AvgIpc) is 2.60. The summed E-state index contributed by atoms with van der Waals surface area (Å²) in [5, 5.41) is 5.93. The second-order valence-corrected chi connectivity index (χ2v) is 6.23. The van der Waals surface area contributed by atoms with Crippen LogP contribution in [0.1, 0.15) is 24.2 Å². The van der Waals surface area contributed by atoms with Crippen molar-refractivity contribution in [2.75, 3.05) is 23.8 Å². The fourth-order valence-corrected chi connectivity index (χ4v) is 2.79. The number of rotatable bonds is 6. The molecule has 0 unspecified atom stereocenters. The lowest BCUT2D eigenvalue weighted by Gasteiger charge is -2.27. The summed E-state index contributed by atoms with van der Waals surface area (Å²) in [5.41, 5.74) is 1.94. The van der Waals surface area contributed by atoms with Gasteiger partial charge in [-0.15, -0.1) is 0 Å². The van der Waals surface area contributed by atoms with E-state index in [1.54, 1.807) is 30.1 Å². The molecule has 0 aromatic heterocycles. The number of nitrogens with zero attached hydrogens (tertiary/aromatic N) is 1. The predicted molar refractivity (Wildman–Crippen MR) is 102 cm³/mol. The zero-order chi connectivity index (χ0) is 18.4. The number of nitrogens with one attached hydrogen (secondary N) is 2. The summed E-state index contributed by atoms with van der Waals surface area (Å²) >= 11 is 6.13. The van der Waals surface area contributed by atoms with Crippen molar-refractivity contribution in [1.29, 1.82) is 0 Å². The van der Waals surface area contributed by atoms with Gasteiger partial charge in [-0.3, -0.25) is 9.59 Å². The molecule has 0 atom stereocenters. The van der Waals surface area contributed by atoms with Gasteiger partial charge >= 0.3 is 0 Å². The van der Waals surface area contributed by atoms with E-state index in [9.17, 15) is 9.59 Å². The number of hydrogen-bond acceptors (Lipinski definition) is 3. The van der Waals surface area contributed by atoms with E-state index in [1.807, 2.05) is 44.2 Å². The molecule has 2 N–H and O–H groups in total. The van der Waals surface area contributed by atoms with E-state index < -0.39 is 0 Å². The molecule has 2 rings (SSSR count). The normalized spacial score (nSPS) is 10.4. The highest BCUT2D eigenvalue weighted by Crippen LogP contribution is 2.21. The number of para-hydroxylation sites is 1. The number of carbonyl (C=O) groups excluding carboxylic acids is 2. The molecule has 0 fully saturated rings. The molecule has 2 aromatic carbocycles. The van der Waals surface area contributed by atoms with Crippen LogP contribution in [0.4, 0.5) is 11.4 Å². The third kappa shape index (κ3) is 4.73. The molecule has 2 aromatic rings. The van der Waals surface area contributed by atoms with E-state index in [0.717, 1.165) is 5.69 Å². The Morgan fingerprint density at radius 1 is 1.12 bits per heavy atom. The van der Waals surface area contributed by atoms with Gasteiger partial charge in [-0.25, -0.2) is 0 Å². The van der Waals surface area contributed by atoms with Gasteiger partial charge in [0, 0.05) is 24.5 Å². The monoisotopic (exact) mass is 359 g/mol. The Morgan fingerprint density at radius 2 is 1.80 bits per heavy atom. The van der Waals surface area contributed by atoms with Crippen molar-refractivity contribution in [2.45, 2.75) is 19.9 Å². The molecule has 0 aliphatic heterocycles. The lowest BCUT2D eigenvalue weighted by molar-refractivity contribution is -0.117. The Bertz CT molecular complexity index is 748. The van der Waals surface area contributed by atoms with E-state index in [1.165, 1.54) is 0 Å². The molecule has 0 aliphatic carbocycles. The third-order valence-corrected chi connectivity index (χ3v) is 4.02. The van der Waals surface area contributed by atoms with Crippen molar-refractivity contribution in [3.8, 4) is 0 Å². The molecule has 5 nitrogen and oxygen atoms in total. The van der Waals surface area contributed by atoms with Gasteiger partial charge in [-0.05, 0) is 44.2 Å². The molecule has 25 heavy (non-hydrogen) atoms. The van der Waals surface area contributed by atoms with E-state index in [-0.39, 0.29) is 24.4 Å². The van der Waals surface area contributed by atoms with Crippen LogP contribution < -0.4 is 15.5 Å². The van der Waals surface area contributed by atoms with Crippen molar-refractivity contribution in [2.24, 2.45) is 0 Å². The zero-order valence-corrected chi connectivity index (χ0v) is 15.3. The fourth-order valence-electron chi connectivity index (χ4n) is 2.53. The van der Waals surface area contributed by atoms with E-state index in [2.05, 4.69) is 10.6 Å². The fraction of sp³-hybridized carbons (Fsp3) is 0.263. The van der Waals surface area contributed by atoms with Gasteiger partial charge in [-0.2, -0.15) is 0 Å². The molecule has 132 valence electrons. The Morgan fingerprint density at radius 3 is 2.36 bits per heavy atom. The quantitative estimate of drug-likeness (QED) is 0.829. The minimum atomic E-state index is -0.248. The summed E-state index contributed by atoms with van der Waals surface area (Å²) in [6.07, 6.45) is 0. The molecule has 0 bridgehead atoms. The Hall–Kier alpha value is -2.53.